The van der Waals surface area contributed by atoms with E-state index in [-0.39, 0.29) is 5.82 Å². The zero-order valence-corrected chi connectivity index (χ0v) is 7.85. The van der Waals surface area contributed by atoms with Gasteiger partial charge in [-0.1, -0.05) is 0 Å². The van der Waals surface area contributed by atoms with Crippen LogP contribution in [-0.2, 0) is 0 Å². The number of hydrogen-bond acceptors (Lipinski definition) is 5. The SMILES string of the molecule is Cc1nnc(-c2ccc(O)c(F)c2)nn1. The average molecular weight is 206 g/mol. The van der Waals surface area contributed by atoms with Gasteiger partial charge in [-0.2, -0.15) is 0 Å². The maximum absolute atomic E-state index is 13.0. The minimum Gasteiger partial charge on any atom is -0.505 e. The largest absolute Gasteiger partial charge is 0.505 e. The van der Waals surface area contributed by atoms with Crippen molar-refractivity contribution in [2.75, 3.05) is 0 Å². The fourth-order valence-electron chi connectivity index (χ4n) is 1.04. The van der Waals surface area contributed by atoms with Gasteiger partial charge in [0.1, 0.15) is 0 Å². The smallest absolute Gasteiger partial charge is 0.203 e. The zero-order chi connectivity index (χ0) is 10.8. The number of aromatic nitrogens is 4. The number of phenolic OH excluding ortho intramolecular Hbond substituents is 1. The molecule has 0 saturated carbocycles. The van der Waals surface area contributed by atoms with Crippen molar-refractivity contribution >= 4 is 0 Å². The van der Waals surface area contributed by atoms with Gasteiger partial charge in [0, 0.05) is 5.56 Å². The minimum absolute atomic E-state index is 0.222. The molecule has 0 atom stereocenters. The van der Waals surface area contributed by atoms with E-state index < -0.39 is 11.6 Å². The van der Waals surface area contributed by atoms with Crippen molar-refractivity contribution in [1.29, 1.82) is 0 Å². The van der Waals surface area contributed by atoms with Gasteiger partial charge in [-0.15, -0.1) is 20.4 Å². The summed E-state index contributed by atoms with van der Waals surface area (Å²) in [5.41, 5.74) is 0.422. The van der Waals surface area contributed by atoms with Gasteiger partial charge >= 0.3 is 0 Å². The van der Waals surface area contributed by atoms with E-state index in [2.05, 4.69) is 20.4 Å². The Morgan fingerprint density at radius 1 is 1.13 bits per heavy atom. The van der Waals surface area contributed by atoms with Crippen LogP contribution in [0, 0.1) is 12.7 Å². The standard InChI is InChI=1S/C9H7FN4O/c1-5-11-13-9(14-12-5)6-2-3-8(15)7(10)4-6/h2-4,15H,1H3. The summed E-state index contributed by atoms with van der Waals surface area (Å²) in [6, 6.07) is 3.85. The Balaban J connectivity index is 2.45. The van der Waals surface area contributed by atoms with Crippen molar-refractivity contribution in [1.82, 2.24) is 20.4 Å². The quantitative estimate of drug-likeness (QED) is 0.756. The Bertz CT molecular complexity index is 486. The second kappa shape index (κ2) is 3.56. The number of aromatic hydroxyl groups is 1. The van der Waals surface area contributed by atoms with E-state index in [1.807, 2.05) is 0 Å². The zero-order valence-electron chi connectivity index (χ0n) is 7.85. The fourth-order valence-corrected chi connectivity index (χ4v) is 1.04. The molecule has 0 spiro atoms. The van der Waals surface area contributed by atoms with E-state index in [4.69, 9.17) is 5.11 Å². The van der Waals surface area contributed by atoms with Crippen LogP contribution in [0.1, 0.15) is 5.82 Å². The highest BCUT2D eigenvalue weighted by molar-refractivity contribution is 5.55. The highest BCUT2D eigenvalue weighted by Crippen LogP contribution is 2.21. The van der Waals surface area contributed by atoms with Crippen LogP contribution in [0.3, 0.4) is 0 Å². The highest BCUT2D eigenvalue weighted by atomic mass is 19.1. The van der Waals surface area contributed by atoms with Gasteiger partial charge < -0.3 is 5.11 Å². The van der Waals surface area contributed by atoms with Crippen molar-refractivity contribution in [3.05, 3.63) is 29.8 Å². The van der Waals surface area contributed by atoms with Crippen LogP contribution in [0.4, 0.5) is 4.39 Å². The number of phenols is 1. The van der Waals surface area contributed by atoms with E-state index in [1.54, 1.807) is 6.92 Å². The molecule has 0 amide bonds. The van der Waals surface area contributed by atoms with E-state index >= 15 is 0 Å². The predicted octanol–water partition coefficient (Wildman–Crippen LogP) is 1.09. The first-order valence-corrected chi connectivity index (χ1v) is 4.20. The summed E-state index contributed by atoms with van der Waals surface area (Å²) in [4.78, 5) is 0. The molecule has 1 aromatic carbocycles. The number of aryl methyl sites for hydroxylation is 1. The van der Waals surface area contributed by atoms with Crippen molar-refractivity contribution in [2.45, 2.75) is 6.92 Å². The molecule has 0 bridgehead atoms. The van der Waals surface area contributed by atoms with Crippen LogP contribution in [0.5, 0.6) is 5.75 Å². The Hall–Kier alpha value is -2.11. The first kappa shape index (κ1) is 9.45. The normalized spacial score (nSPS) is 10.3. The molecule has 6 heteroatoms. The molecule has 0 aliphatic carbocycles. The topological polar surface area (TPSA) is 71.8 Å². The van der Waals surface area contributed by atoms with Crippen LogP contribution in [0.2, 0.25) is 0 Å². The molecule has 76 valence electrons. The van der Waals surface area contributed by atoms with Gasteiger partial charge in [0.25, 0.3) is 0 Å². The minimum atomic E-state index is -0.725. The maximum atomic E-state index is 13.0. The van der Waals surface area contributed by atoms with Crippen LogP contribution in [0.15, 0.2) is 18.2 Å². The molecule has 0 fully saturated rings. The van der Waals surface area contributed by atoms with Crippen molar-refractivity contribution in [3.8, 4) is 17.1 Å². The van der Waals surface area contributed by atoms with Gasteiger partial charge in [0.2, 0.25) is 5.82 Å². The van der Waals surface area contributed by atoms with Crippen molar-refractivity contribution < 1.29 is 9.50 Å². The van der Waals surface area contributed by atoms with Gasteiger partial charge in [0.15, 0.2) is 17.4 Å². The lowest BCUT2D eigenvalue weighted by molar-refractivity contribution is 0.432. The van der Waals surface area contributed by atoms with Crippen molar-refractivity contribution in [2.24, 2.45) is 0 Å². The van der Waals surface area contributed by atoms with Gasteiger partial charge in [-0.3, -0.25) is 0 Å². The summed E-state index contributed by atoms with van der Waals surface area (Å²) in [7, 11) is 0. The van der Waals surface area contributed by atoms with Gasteiger partial charge in [-0.05, 0) is 25.1 Å². The van der Waals surface area contributed by atoms with E-state index in [0.29, 0.717) is 11.4 Å². The van der Waals surface area contributed by atoms with Crippen LogP contribution >= 0.6 is 0 Å². The molecule has 0 unspecified atom stereocenters. The average Bonchev–Trinajstić information content (AvgIpc) is 2.23. The molecule has 1 N–H and O–H groups in total. The Morgan fingerprint density at radius 3 is 2.40 bits per heavy atom. The molecular weight excluding hydrogens is 199 g/mol. The molecule has 1 heterocycles. The van der Waals surface area contributed by atoms with E-state index in [0.717, 1.165) is 6.07 Å². The number of nitrogens with zero attached hydrogens (tertiary/aromatic N) is 4. The summed E-state index contributed by atoms with van der Waals surface area (Å²) in [5.74, 6) is -0.471. The number of hydrogen-bond donors (Lipinski definition) is 1. The first-order valence-electron chi connectivity index (χ1n) is 4.20. The molecule has 0 aliphatic rings. The number of halogens is 1. The molecule has 0 radical (unpaired) electrons. The third-order valence-corrected chi connectivity index (χ3v) is 1.78. The summed E-state index contributed by atoms with van der Waals surface area (Å²) in [6.07, 6.45) is 0. The van der Waals surface area contributed by atoms with Crippen LogP contribution in [0.25, 0.3) is 11.4 Å². The lowest BCUT2D eigenvalue weighted by atomic mass is 10.2. The first-order chi connectivity index (χ1) is 7.16. The van der Waals surface area contributed by atoms with Crippen molar-refractivity contribution in [3.63, 3.8) is 0 Å². The van der Waals surface area contributed by atoms with E-state index in [1.165, 1.54) is 12.1 Å². The molecule has 0 saturated heterocycles. The van der Waals surface area contributed by atoms with Crippen LogP contribution < -0.4 is 0 Å². The Kier molecular flexibility index (Phi) is 2.24. The third kappa shape index (κ3) is 1.88. The summed E-state index contributed by atoms with van der Waals surface area (Å²) < 4.78 is 13.0. The number of benzene rings is 1. The fraction of sp³-hybridized carbons (Fsp3) is 0.111. The summed E-state index contributed by atoms with van der Waals surface area (Å²) in [5, 5.41) is 23.9. The lowest BCUT2D eigenvalue weighted by Gasteiger charge is -1.99. The molecule has 2 rings (SSSR count). The molecule has 1 aromatic heterocycles. The molecule has 15 heavy (non-hydrogen) atoms. The molecule has 0 aliphatic heterocycles. The Morgan fingerprint density at radius 2 is 1.80 bits per heavy atom. The summed E-state index contributed by atoms with van der Waals surface area (Å²) in [6.45, 7) is 1.65. The predicted molar refractivity (Wildman–Crippen MR) is 49.4 cm³/mol. The maximum Gasteiger partial charge on any atom is 0.203 e. The molecular formula is C9H7FN4O. The van der Waals surface area contributed by atoms with Crippen LogP contribution in [-0.4, -0.2) is 25.5 Å². The van der Waals surface area contributed by atoms with Gasteiger partial charge in [0.05, 0.1) is 0 Å². The molecule has 2 aromatic rings. The number of rotatable bonds is 1. The second-order valence-corrected chi connectivity index (χ2v) is 2.94. The van der Waals surface area contributed by atoms with Gasteiger partial charge in [-0.25, -0.2) is 4.39 Å². The van der Waals surface area contributed by atoms with E-state index in [9.17, 15) is 4.39 Å². The Labute approximate surface area is 84.6 Å². The third-order valence-electron chi connectivity index (χ3n) is 1.78. The summed E-state index contributed by atoms with van der Waals surface area (Å²) >= 11 is 0. The lowest BCUT2D eigenvalue weighted by Crippen LogP contribution is -1.98. The monoisotopic (exact) mass is 206 g/mol. The second-order valence-electron chi connectivity index (χ2n) is 2.94. The molecule has 5 nitrogen and oxygen atoms in total. The highest BCUT2D eigenvalue weighted by Gasteiger charge is 2.06.